The van der Waals surface area contributed by atoms with Crippen molar-refractivity contribution in [1.82, 2.24) is 19.3 Å². The van der Waals surface area contributed by atoms with Crippen molar-refractivity contribution in [2.24, 2.45) is 0 Å². The Morgan fingerprint density at radius 3 is 2.69 bits per heavy atom. The van der Waals surface area contributed by atoms with Crippen molar-refractivity contribution in [3.05, 3.63) is 71.1 Å². The smallest absolute Gasteiger partial charge is 0.255 e. The predicted molar refractivity (Wildman–Crippen MR) is 116 cm³/mol. The first-order valence-electron chi connectivity index (χ1n) is 9.68. The fourth-order valence-corrected chi connectivity index (χ4v) is 3.68. The normalized spacial score (nSPS) is 12.8. The Kier molecular flexibility index (Phi) is 4.90. The Labute approximate surface area is 186 Å². The van der Waals surface area contributed by atoms with E-state index in [1.54, 1.807) is 33.7 Å². The van der Waals surface area contributed by atoms with Gasteiger partial charge in [0.25, 0.3) is 5.91 Å². The quantitative estimate of drug-likeness (QED) is 0.447. The molecule has 0 bridgehead atoms. The van der Waals surface area contributed by atoms with Crippen molar-refractivity contribution in [1.29, 1.82) is 0 Å². The molecule has 0 spiro atoms. The van der Waals surface area contributed by atoms with Gasteiger partial charge in [-0.1, -0.05) is 11.6 Å². The summed E-state index contributed by atoms with van der Waals surface area (Å²) in [6, 6.07) is 7.79. The molecule has 162 valence electrons. The molecule has 5 rings (SSSR count). The van der Waals surface area contributed by atoms with Gasteiger partial charge in [-0.2, -0.15) is 4.39 Å². The molecule has 0 atom stereocenters. The first kappa shape index (κ1) is 20.2. The molecule has 4 aromatic rings. The number of amides is 1. The lowest BCUT2D eigenvalue weighted by Crippen LogP contribution is -2.11. The topological polar surface area (TPSA) is 71.5 Å². The number of carbonyl (C=O) groups excluding carboxylic acids is 1. The molecule has 0 aliphatic carbocycles. The third-order valence-electron chi connectivity index (χ3n) is 5.17. The van der Waals surface area contributed by atoms with Crippen molar-refractivity contribution >= 4 is 34.7 Å². The zero-order valence-corrected chi connectivity index (χ0v) is 17.5. The molecule has 10 heteroatoms. The number of nitrogens with zero attached hydrogens (tertiary/aromatic N) is 4. The van der Waals surface area contributed by atoms with Crippen molar-refractivity contribution in [2.75, 3.05) is 25.5 Å². The first-order chi connectivity index (χ1) is 15.5. The molecule has 1 fully saturated rings. The highest BCUT2D eigenvalue weighted by molar-refractivity contribution is 6.34. The Hall–Kier alpha value is -3.72. The Morgan fingerprint density at radius 2 is 1.97 bits per heavy atom. The largest absolute Gasteiger partial charge is 0.494 e. The minimum Gasteiger partial charge on any atom is -0.494 e. The molecule has 32 heavy (non-hydrogen) atoms. The molecule has 1 N–H and O–H groups in total. The van der Waals surface area contributed by atoms with E-state index in [9.17, 15) is 13.6 Å². The average Bonchev–Trinajstić information content (AvgIpc) is 3.55. The first-order valence-corrected chi connectivity index (χ1v) is 10.1. The number of methoxy groups -OCH3 is 1. The van der Waals surface area contributed by atoms with E-state index < -0.39 is 11.6 Å². The van der Waals surface area contributed by atoms with Gasteiger partial charge in [0.2, 0.25) is 5.82 Å². The number of fused-ring (bicyclic) bond motifs is 1. The summed E-state index contributed by atoms with van der Waals surface area (Å²) < 4.78 is 35.3. The number of rotatable bonds is 5. The van der Waals surface area contributed by atoms with E-state index in [4.69, 9.17) is 16.3 Å². The van der Waals surface area contributed by atoms with E-state index in [0.29, 0.717) is 33.4 Å². The van der Waals surface area contributed by atoms with Crippen LogP contribution in [0.25, 0.3) is 16.9 Å². The van der Waals surface area contributed by atoms with Crippen LogP contribution in [0.2, 0.25) is 5.02 Å². The molecule has 0 saturated carbocycles. The molecule has 3 heterocycles. The number of anilines is 2. The molecule has 7 nitrogen and oxygen atoms in total. The predicted octanol–water partition coefficient (Wildman–Crippen LogP) is 4.54. The van der Waals surface area contributed by atoms with Gasteiger partial charge < -0.3 is 15.0 Å². The molecular formula is C22H16ClF2N5O2. The Balaban J connectivity index is 1.50. The van der Waals surface area contributed by atoms with Crippen LogP contribution in [0.3, 0.4) is 0 Å². The van der Waals surface area contributed by atoms with E-state index in [1.165, 1.54) is 31.6 Å². The second-order valence-electron chi connectivity index (χ2n) is 7.17. The highest BCUT2D eigenvalue weighted by Crippen LogP contribution is 2.32. The van der Waals surface area contributed by atoms with Gasteiger partial charge >= 0.3 is 0 Å². The summed E-state index contributed by atoms with van der Waals surface area (Å²) in [6.07, 6.45) is 4.55. The molecule has 2 aromatic heterocycles. The fraction of sp³-hybridized carbons (Fsp3) is 0.136. The number of halogens is 3. The minimum absolute atomic E-state index is 0.0361. The SMILES string of the molecule is COc1ccc(-c2cnc3c(Nc4ccc(C(=O)N5CC5)c(Cl)c4)nccn23)c(F)c1F. The monoisotopic (exact) mass is 455 g/mol. The molecule has 2 aromatic carbocycles. The van der Waals surface area contributed by atoms with Crippen LogP contribution in [-0.2, 0) is 0 Å². The summed E-state index contributed by atoms with van der Waals surface area (Å²) in [5.41, 5.74) is 1.82. The number of hydrogen-bond donors (Lipinski definition) is 1. The number of ether oxygens (including phenoxy) is 1. The van der Waals surface area contributed by atoms with Crippen molar-refractivity contribution in [3.63, 3.8) is 0 Å². The number of aromatic nitrogens is 3. The molecule has 1 aliphatic rings. The van der Waals surface area contributed by atoms with Crippen LogP contribution in [0.15, 0.2) is 48.9 Å². The zero-order valence-electron chi connectivity index (χ0n) is 16.8. The van der Waals surface area contributed by atoms with E-state index in [1.807, 2.05) is 0 Å². The summed E-state index contributed by atoms with van der Waals surface area (Å²) >= 11 is 6.31. The molecule has 0 radical (unpaired) electrons. The van der Waals surface area contributed by atoms with Crippen LogP contribution in [-0.4, -0.2) is 45.4 Å². The Bertz CT molecular complexity index is 1370. The van der Waals surface area contributed by atoms with Gasteiger partial charge in [0.1, 0.15) is 0 Å². The number of carbonyl (C=O) groups is 1. The summed E-state index contributed by atoms with van der Waals surface area (Å²) in [7, 11) is 1.27. The molecule has 0 unspecified atom stereocenters. The average molecular weight is 456 g/mol. The van der Waals surface area contributed by atoms with E-state index in [0.717, 1.165) is 13.1 Å². The second-order valence-corrected chi connectivity index (χ2v) is 7.58. The third-order valence-corrected chi connectivity index (χ3v) is 5.48. The van der Waals surface area contributed by atoms with Gasteiger partial charge in [0.15, 0.2) is 23.0 Å². The molecule has 1 amide bonds. The van der Waals surface area contributed by atoms with Gasteiger partial charge in [-0.3, -0.25) is 9.20 Å². The third kappa shape index (κ3) is 3.40. The lowest BCUT2D eigenvalue weighted by molar-refractivity contribution is 0.0885. The molecule has 1 aliphatic heterocycles. The van der Waals surface area contributed by atoms with Crippen LogP contribution < -0.4 is 10.1 Å². The number of hydrogen-bond acceptors (Lipinski definition) is 5. The van der Waals surface area contributed by atoms with Crippen molar-refractivity contribution < 1.29 is 18.3 Å². The van der Waals surface area contributed by atoms with Crippen LogP contribution in [0.4, 0.5) is 20.3 Å². The lowest BCUT2D eigenvalue weighted by atomic mass is 10.1. The van der Waals surface area contributed by atoms with Gasteiger partial charge in [0.05, 0.1) is 29.6 Å². The summed E-state index contributed by atoms with van der Waals surface area (Å²) in [4.78, 5) is 22.5. The number of nitrogens with one attached hydrogen (secondary N) is 1. The fourth-order valence-electron chi connectivity index (χ4n) is 3.42. The number of imidazole rings is 1. The van der Waals surface area contributed by atoms with Gasteiger partial charge in [-0.15, -0.1) is 0 Å². The van der Waals surface area contributed by atoms with E-state index >= 15 is 0 Å². The summed E-state index contributed by atoms with van der Waals surface area (Å²) in [6.45, 7) is 1.48. The minimum atomic E-state index is -1.07. The van der Waals surface area contributed by atoms with Gasteiger partial charge in [-0.25, -0.2) is 14.4 Å². The Morgan fingerprint density at radius 1 is 1.16 bits per heavy atom. The summed E-state index contributed by atoms with van der Waals surface area (Å²) in [5.74, 6) is -2.00. The maximum absolute atomic E-state index is 14.6. The summed E-state index contributed by atoms with van der Waals surface area (Å²) in [5, 5.41) is 3.43. The second kappa shape index (κ2) is 7.76. The van der Waals surface area contributed by atoms with Gasteiger partial charge in [0, 0.05) is 36.7 Å². The zero-order chi connectivity index (χ0) is 22.4. The van der Waals surface area contributed by atoms with Gasteiger partial charge in [-0.05, 0) is 30.3 Å². The highest BCUT2D eigenvalue weighted by atomic mass is 35.5. The number of benzene rings is 2. The highest BCUT2D eigenvalue weighted by Gasteiger charge is 2.27. The standard InChI is InChI=1S/C22H16ClF2N5O2/c1-32-17-5-4-14(18(24)19(17)25)16-11-27-21-20(26-6-7-30(16)21)28-12-2-3-13(15(23)10-12)22(31)29-8-9-29/h2-7,10-11H,8-9H2,1H3,(H,26,28). The van der Waals surface area contributed by atoms with Crippen molar-refractivity contribution in [2.45, 2.75) is 0 Å². The van der Waals surface area contributed by atoms with Crippen LogP contribution >= 0.6 is 11.6 Å². The maximum Gasteiger partial charge on any atom is 0.255 e. The van der Waals surface area contributed by atoms with Crippen LogP contribution in [0, 0.1) is 11.6 Å². The molecule has 1 saturated heterocycles. The van der Waals surface area contributed by atoms with Crippen molar-refractivity contribution in [3.8, 4) is 17.0 Å². The molecular weight excluding hydrogens is 440 g/mol. The van der Waals surface area contributed by atoms with E-state index in [-0.39, 0.29) is 17.2 Å². The maximum atomic E-state index is 14.6. The van der Waals surface area contributed by atoms with Crippen LogP contribution in [0.1, 0.15) is 10.4 Å². The van der Waals surface area contributed by atoms with Crippen LogP contribution in [0.5, 0.6) is 5.75 Å². The van der Waals surface area contributed by atoms with E-state index in [2.05, 4.69) is 15.3 Å². The lowest BCUT2D eigenvalue weighted by Gasteiger charge is -2.11.